The largest absolute Gasteiger partial charge is 0.393 e. The van der Waals surface area contributed by atoms with E-state index in [1.807, 2.05) is 6.92 Å². The van der Waals surface area contributed by atoms with E-state index in [-0.39, 0.29) is 6.10 Å². The quantitative estimate of drug-likeness (QED) is 0.869. The molecular formula is C15H24N2OS. The predicted molar refractivity (Wildman–Crippen MR) is 80.8 cm³/mol. The topological polar surface area (TPSA) is 35.5 Å². The van der Waals surface area contributed by atoms with Gasteiger partial charge in [0.05, 0.1) is 6.10 Å². The van der Waals surface area contributed by atoms with Crippen LogP contribution >= 0.6 is 11.3 Å². The number of rotatable bonds is 5. The van der Waals surface area contributed by atoms with Gasteiger partial charge in [-0.05, 0) is 50.1 Å². The first-order valence-corrected chi connectivity index (χ1v) is 8.35. The summed E-state index contributed by atoms with van der Waals surface area (Å²) in [7, 11) is 0. The predicted octanol–water partition coefficient (Wildman–Crippen LogP) is 2.32. The van der Waals surface area contributed by atoms with Gasteiger partial charge in [-0.3, -0.25) is 0 Å². The van der Waals surface area contributed by atoms with Crippen LogP contribution in [0, 0.1) is 11.8 Å². The van der Waals surface area contributed by atoms with Gasteiger partial charge in [0.25, 0.3) is 0 Å². The molecule has 0 spiro atoms. The minimum absolute atomic E-state index is 0.216. The normalized spacial score (nSPS) is 29.5. The van der Waals surface area contributed by atoms with Gasteiger partial charge in [0, 0.05) is 36.1 Å². The molecule has 2 heterocycles. The second kappa shape index (κ2) is 5.81. The first kappa shape index (κ1) is 13.4. The van der Waals surface area contributed by atoms with Gasteiger partial charge in [-0.2, -0.15) is 11.3 Å². The number of hydrogen-bond donors (Lipinski definition) is 2. The molecule has 0 amide bonds. The average Bonchev–Trinajstić information content (AvgIpc) is 3.07. The van der Waals surface area contributed by atoms with E-state index in [4.69, 9.17) is 0 Å². The van der Waals surface area contributed by atoms with E-state index in [0.717, 1.165) is 32.0 Å². The van der Waals surface area contributed by atoms with Crippen molar-refractivity contribution in [2.75, 3.05) is 24.5 Å². The highest BCUT2D eigenvalue weighted by Gasteiger charge is 2.31. The fourth-order valence-corrected chi connectivity index (χ4v) is 3.60. The highest BCUT2D eigenvalue weighted by molar-refractivity contribution is 7.08. The molecule has 1 aliphatic carbocycles. The van der Waals surface area contributed by atoms with Crippen LogP contribution in [0.1, 0.15) is 26.2 Å². The highest BCUT2D eigenvalue weighted by atomic mass is 32.1. The second-order valence-electron chi connectivity index (χ2n) is 6.17. The maximum Gasteiger partial charge on any atom is 0.0557 e. The van der Waals surface area contributed by atoms with E-state index < -0.39 is 0 Å². The average molecular weight is 280 g/mol. The maximum atomic E-state index is 9.95. The zero-order valence-corrected chi connectivity index (χ0v) is 12.4. The number of aliphatic hydroxyl groups is 1. The molecule has 19 heavy (non-hydrogen) atoms. The van der Waals surface area contributed by atoms with Gasteiger partial charge in [-0.15, -0.1) is 0 Å². The fourth-order valence-electron chi connectivity index (χ4n) is 2.94. The Balaban J connectivity index is 1.63. The van der Waals surface area contributed by atoms with Crippen molar-refractivity contribution in [1.29, 1.82) is 0 Å². The first-order valence-electron chi connectivity index (χ1n) is 7.41. The third-order valence-corrected chi connectivity index (χ3v) is 5.10. The van der Waals surface area contributed by atoms with Gasteiger partial charge in [0.1, 0.15) is 0 Å². The fraction of sp³-hybridized carbons (Fsp3) is 0.733. The molecule has 0 aromatic carbocycles. The molecule has 3 nitrogen and oxygen atoms in total. The number of thiophene rings is 1. The monoisotopic (exact) mass is 280 g/mol. The Kier molecular flexibility index (Phi) is 4.10. The summed E-state index contributed by atoms with van der Waals surface area (Å²) in [5.74, 6) is 1.30. The minimum Gasteiger partial charge on any atom is -0.393 e. The Bertz CT molecular complexity index is 389. The summed E-state index contributed by atoms with van der Waals surface area (Å²) in [4.78, 5) is 2.43. The summed E-state index contributed by atoms with van der Waals surface area (Å²) in [6.07, 6.45) is 3.68. The van der Waals surface area contributed by atoms with Crippen LogP contribution in [0.2, 0.25) is 0 Å². The molecule has 4 heteroatoms. The van der Waals surface area contributed by atoms with Crippen LogP contribution < -0.4 is 10.2 Å². The van der Waals surface area contributed by atoms with Crippen molar-refractivity contribution in [1.82, 2.24) is 5.32 Å². The summed E-state index contributed by atoms with van der Waals surface area (Å²) in [5.41, 5.74) is 1.31. The summed E-state index contributed by atoms with van der Waals surface area (Å²) >= 11 is 1.75. The standard InChI is InChI=1S/C15H24N2OS/c1-11(18)13-6-14(16-7-12-2-3-12)9-17(8-13)15-4-5-19-10-15/h4-5,10-14,16,18H,2-3,6-9H2,1H3. The number of hydrogen-bond acceptors (Lipinski definition) is 4. The number of piperidine rings is 1. The third-order valence-electron chi connectivity index (χ3n) is 4.43. The Morgan fingerprint density at radius 2 is 2.32 bits per heavy atom. The molecule has 3 rings (SSSR count). The Hall–Kier alpha value is -0.580. The van der Waals surface area contributed by atoms with Gasteiger partial charge >= 0.3 is 0 Å². The molecule has 106 valence electrons. The van der Waals surface area contributed by atoms with Crippen molar-refractivity contribution in [3.8, 4) is 0 Å². The molecular weight excluding hydrogens is 256 g/mol. The van der Waals surface area contributed by atoms with E-state index in [2.05, 4.69) is 27.0 Å². The zero-order valence-electron chi connectivity index (χ0n) is 11.6. The van der Waals surface area contributed by atoms with Gasteiger partial charge < -0.3 is 15.3 Å². The van der Waals surface area contributed by atoms with Crippen LogP contribution in [0.3, 0.4) is 0 Å². The molecule has 1 aromatic heterocycles. The Labute approximate surface area is 119 Å². The third kappa shape index (κ3) is 3.50. The highest BCUT2D eigenvalue weighted by Crippen LogP contribution is 2.30. The summed E-state index contributed by atoms with van der Waals surface area (Å²) in [6, 6.07) is 2.71. The van der Waals surface area contributed by atoms with Crippen molar-refractivity contribution >= 4 is 17.0 Å². The number of nitrogens with zero attached hydrogens (tertiary/aromatic N) is 1. The van der Waals surface area contributed by atoms with E-state index in [9.17, 15) is 5.11 Å². The van der Waals surface area contributed by atoms with Crippen LogP contribution in [0.4, 0.5) is 5.69 Å². The van der Waals surface area contributed by atoms with Gasteiger partial charge in [0.15, 0.2) is 0 Å². The SMILES string of the molecule is CC(O)C1CC(NCC2CC2)CN(c2ccsc2)C1. The van der Waals surface area contributed by atoms with Crippen LogP contribution in [0.25, 0.3) is 0 Å². The number of aliphatic hydroxyl groups excluding tert-OH is 1. The molecule has 2 fully saturated rings. The molecule has 1 saturated heterocycles. The smallest absolute Gasteiger partial charge is 0.0557 e. The second-order valence-corrected chi connectivity index (χ2v) is 6.95. The molecule has 1 aromatic rings. The summed E-state index contributed by atoms with van der Waals surface area (Å²) in [5, 5.41) is 18.0. The zero-order chi connectivity index (χ0) is 13.2. The molecule has 3 atom stereocenters. The van der Waals surface area contributed by atoms with E-state index in [1.165, 1.54) is 18.5 Å². The lowest BCUT2D eigenvalue weighted by atomic mass is 9.90. The van der Waals surface area contributed by atoms with Crippen molar-refractivity contribution in [3.05, 3.63) is 16.8 Å². The van der Waals surface area contributed by atoms with Gasteiger partial charge in [-0.1, -0.05) is 0 Å². The Morgan fingerprint density at radius 3 is 2.95 bits per heavy atom. The summed E-state index contributed by atoms with van der Waals surface area (Å²) in [6.45, 7) is 5.15. The van der Waals surface area contributed by atoms with E-state index >= 15 is 0 Å². The summed E-state index contributed by atoms with van der Waals surface area (Å²) < 4.78 is 0. The lowest BCUT2D eigenvalue weighted by Gasteiger charge is -2.40. The number of anilines is 1. The lowest BCUT2D eigenvalue weighted by Crippen LogP contribution is -2.51. The van der Waals surface area contributed by atoms with Crippen molar-refractivity contribution < 1.29 is 5.11 Å². The lowest BCUT2D eigenvalue weighted by molar-refractivity contribution is 0.106. The minimum atomic E-state index is -0.216. The van der Waals surface area contributed by atoms with E-state index in [1.54, 1.807) is 11.3 Å². The van der Waals surface area contributed by atoms with Crippen LogP contribution in [0.5, 0.6) is 0 Å². The molecule has 3 unspecified atom stereocenters. The Morgan fingerprint density at radius 1 is 1.47 bits per heavy atom. The van der Waals surface area contributed by atoms with Gasteiger partial charge in [-0.25, -0.2) is 0 Å². The van der Waals surface area contributed by atoms with Crippen LogP contribution in [-0.4, -0.2) is 36.9 Å². The molecule has 0 radical (unpaired) electrons. The first-order chi connectivity index (χ1) is 9.22. The van der Waals surface area contributed by atoms with Crippen LogP contribution in [-0.2, 0) is 0 Å². The molecule has 0 bridgehead atoms. The van der Waals surface area contributed by atoms with Crippen molar-refractivity contribution in [3.63, 3.8) is 0 Å². The van der Waals surface area contributed by atoms with Gasteiger partial charge in [0.2, 0.25) is 0 Å². The van der Waals surface area contributed by atoms with Crippen molar-refractivity contribution in [2.45, 2.75) is 38.3 Å². The van der Waals surface area contributed by atoms with Crippen molar-refractivity contribution in [2.24, 2.45) is 11.8 Å². The molecule has 1 aliphatic heterocycles. The maximum absolute atomic E-state index is 9.95. The molecule has 2 aliphatic rings. The number of nitrogens with one attached hydrogen (secondary N) is 1. The molecule has 2 N–H and O–H groups in total. The van der Waals surface area contributed by atoms with Crippen LogP contribution in [0.15, 0.2) is 16.8 Å². The molecule has 1 saturated carbocycles. The van der Waals surface area contributed by atoms with E-state index in [0.29, 0.717) is 12.0 Å².